The Labute approximate surface area is 66.3 Å². The molecule has 0 aromatic heterocycles. The number of carbonyl (C=O) groups is 1. The zero-order chi connectivity index (χ0) is 8.27. The highest BCUT2D eigenvalue weighted by Crippen LogP contribution is 2.23. The summed E-state index contributed by atoms with van der Waals surface area (Å²) in [5.74, 6) is -0.276. The Hall–Kier alpha value is -0.610. The lowest BCUT2D eigenvalue weighted by Gasteiger charge is -2.12. The molecule has 0 aliphatic heterocycles. The van der Waals surface area contributed by atoms with Crippen LogP contribution in [0, 0.1) is 6.04 Å². The number of nitrogens with two attached hydrogens (primary N) is 2. The van der Waals surface area contributed by atoms with E-state index in [1.54, 1.807) is 0 Å². The van der Waals surface area contributed by atoms with Crippen molar-refractivity contribution in [3.63, 3.8) is 0 Å². The molecule has 0 aromatic rings. The molecule has 63 valence electrons. The Morgan fingerprint density at radius 1 is 1.36 bits per heavy atom. The molecule has 1 radical (unpaired) electrons. The van der Waals surface area contributed by atoms with Crippen LogP contribution in [0.1, 0.15) is 25.7 Å². The van der Waals surface area contributed by atoms with Crippen LogP contribution in [0.25, 0.3) is 0 Å². The minimum Gasteiger partial charge on any atom is -0.346 e. The van der Waals surface area contributed by atoms with E-state index >= 15 is 0 Å². The zero-order valence-corrected chi connectivity index (χ0v) is 6.47. The Balaban J connectivity index is 2.24. The molecule has 4 nitrogen and oxygen atoms in total. The van der Waals surface area contributed by atoms with Gasteiger partial charge in [-0.05, 0) is 12.8 Å². The summed E-state index contributed by atoms with van der Waals surface area (Å²) in [7, 11) is 0. The van der Waals surface area contributed by atoms with E-state index < -0.39 is 6.17 Å². The van der Waals surface area contributed by atoms with Gasteiger partial charge in [-0.3, -0.25) is 4.79 Å². The third-order valence-electron chi connectivity index (χ3n) is 1.81. The molecule has 1 saturated carbocycles. The average Bonchev–Trinajstić information content (AvgIpc) is 2.39. The van der Waals surface area contributed by atoms with E-state index in [1.807, 2.05) is 0 Å². The van der Waals surface area contributed by atoms with Crippen LogP contribution < -0.4 is 16.8 Å². The first-order valence-corrected chi connectivity index (χ1v) is 3.87. The first-order chi connectivity index (χ1) is 5.20. The number of carbonyl (C=O) groups excluding carboxylic acids is 1. The molecule has 1 aliphatic rings. The van der Waals surface area contributed by atoms with E-state index in [2.05, 4.69) is 5.32 Å². The van der Waals surface area contributed by atoms with Crippen molar-refractivity contribution < 1.29 is 4.79 Å². The summed E-state index contributed by atoms with van der Waals surface area (Å²) in [5.41, 5.74) is 10.3. The molecule has 1 fully saturated rings. The molecule has 5 N–H and O–H groups in total. The fourth-order valence-electron chi connectivity index (χ4n) is 1.18. The lowest BCUT2D eigenvalue weighted by molar-refractivity contribution is -0.122. The van der Waals surface area contributed by atoms with E-state index in [0.29, 0.717) is 0 Å². The summed E-state index contributed by atoms with van der Waals surface area (Å²) >= 11 is 0. The van der Waals surface area contributed by atoms with Crippen molar-refractivity contribution in [2.75, 3.05) is 0 Å². The Bertz CT molecular complexity index is 141. The second-order valence-electron chi connectivity index (χ2n) is 2.83. The summed E-state index contributed by atoms with van der Waals surface area (Å²) in [6, 6.07) is 1.08. The standard InChI is InChI=1S/C7H14N3O/c8-6(9)7(11)10-5-3-1-2-4-5/h6H,1-4,8-9H2,(H,10,11). The van der Waals surface area contributed by atoms with Crippen molar-refractivity contribution in [2.24, 2.45) is 11.5 Å². The number of amides is 1. The zero-order valence-electron chi connectivity index (χ0n) is 6.47. The SMILES string of the molecule is NC(N)C(=O)N[C]1CCCC1. The number of hydrogen-bond acceptors (Lipinski definition) is 3. The van der Waals surface area contributed by atoms with Gasteiger partial charge < -0.3 is 16.8 Å². The van der Waals surface area contributed by atoms with Gasteiger partial charge in [-0.2, -0.15) is 0 Å². The molecule has 0 heterocycles. The van der Waals surface area contributed by atoms with E-state index in [-0.39, 0.29) is 5.91 Å². The quantitative estimate of drug-likeness (QED) is 0.469. The summed E-state index contributed by atoms with van der Waals surface area (Å²) in [6.07, 6.45) is 3.41. The molecule has 1 amide bonds. The highest BCUT2D eigenvalue weighted by molar-refractivity contribution is 5.81. The molecule has 1 aliphatic carbocycles. The average molecular weight is 156 g/mol. The molecule has 1 rings (SSSR count). The molecule has 0 aromatic carbocycles. The second kappa shape index (κ2) is 3.69. The molecule has 0 unspecified atom stereocenters. The third-order valence-corrected chi connectivity index (χ3v) is 1.81. The molecular weight excluding hydrogens is 142 g/mol. The van der Waals surface area contributed by atoms with Gasteiger partial charge in [-0.15, -0.1) is 0 Å². The Kier molecular flexibility index (Phi) is 2.84. The fourth-order valence-corrected chi connectivity index (χ4v) is 1.18. The van der Waals surface area contributed by atoms with Gasteiger partial charge in [0.05, 0.1) is 6.04 Å². The van der Waals surface area contributed by atoms with E-state index in [1.165, 1.54) is 0 Å². The topological polar surface area (TPSA) is 81.1 Å². The van der Waals surface area contributed by atoms with Crippen molar-refractivity contribution in [3.8, 4) is 0 Å². The highest BCUT2D eigenvalue weighted by Gasteiger charge is 2.19. The molecule has 0 atom stereocenters. The molecule has 4 heteroatoms. The van der Waals surface area contributed by atoms with Crippen LogP contribution in [-0.2, 0) is 4.79 Å². The van der Waals surface area contributed by atoms with Gasteiger partial charge in [0.1, 0.15) is 6.17 Å². The van der Waals surface area contributed by atoms with Crippen LogP contribution in [0.2, 0.25) is 0 Å². The van der Waals surface area contributed by atoms with E-state index in [9.17, 15) is 4.79 Å². The van der Waals surface area contributed by atoms with Gasteiger partial charge in [0.25, 0.3) is 5.91 Å². The van der Waals surface area contributed by atoms with Crippen molar-refractivity contribution >= 4 is 5.91 Å². The monoisotopic (exact) mass is 156 g/mol. The largest absolute Gasteiger partial charge is 0.346 e. The molecule has 0 bridgehead atoms. The van der Waals surface area contributed by atoms with Crippen LogP contribution in [0.15, 0.2) is 0 Å². The highest BCUT2D eigenvalue weighted by atomic mass is 16.2. The number of nitrogens with one attached hydrogen (secondary N) is 1. The van der Waals surface area contributed by atoms with Crippen LogP contribution in [0.3, 0.4) is 0 Å². The predicted molar refractivity (Wildman–Crippen MR) is 42.0 cm³/mol. The summed E-state index contributed by atoms with van der Waals surface area (Å²) < 4.78 is 0. The van der Waals surface area contributed by atoms with Crippen LogP contribution >= 0.6 is 0 Å². The van der Waals surface area contributed by atoms with Crippen molar-refractivity contribution in [1.82, 2.24) is 5.32 Å². The minimum absolute atomic E-state index is 0.276. The van der Waals surface area contributed by atoms with E-state index in [0.717, 1.165) is 31.7 Å². The summed E-state index contributed by atoms with van der Waals surface area (Å²) in [5, 5.41) is 2.71. The normalized spacial score (nSPS) is 19.2. The summed E-state index contributed by atoms with van der Waals surface area (Å²) in [4.78, 5) is 10.9. The minimum atomic E-state index is -0.886. The lowest BCUT2D eigenvalue weighted by atomic mass is 10.2. The maximum Gasteiger partial charge on any atom is 0.251 e. The van der Waals surface area contributed by atoms with Gasteiger partial charge in [0.15, 0.2) is 0 Å². The lowest BCUT2D eigenvalue weighted by Crippen LogP contribution is -2.47. The van der Waals surface area contributed by atoms with Gasteiger partial charge in [-0.25, -0.2) is 0 Å². The van der Waals surface area contributed by atoms with Gasteiger partial charge in [-0.1, -0.05) is 12.8 Å². The van der Waals surface area contributed by atoms with Gasteiger partial charge >= 0.3 is 0 Å². The third kappa shape index (κ3) is 2.48. The van der Waals surface area contributed by atoms with Crippen LogP contribution in [0.5, 0.6) is 0 Å². The Morgan fingerprint density at radius 3 is 2.36 bits per heavy atom. The molecule has 0 spiro atoms. The second-order valence-corrected chi connectivity index (χ2v) is 2.83. The molecule has 11 heavy (non-hydrogen) atoms. The first-order valence-electron chi connectivity index (χ1n) is 3.87. The number of hydrogen-bond donors (Lipinski definition) is 3. The maximum absolute atomic E-state index is 10.9. The van der Waals surface area contributed by atoms with Crippen LogP contribution in [0.4, 0.5) is 0 Å². The van der Waals surface area contributed by atoms with Crippen molar-refractivity contribution in [2.45, 2.75) is 31.8 Å². The van der Waals surface area contributed by atoms with Crippen molar-refractivity contribution in [1.29, 1.82) is 0 Å². The Morgan fingerprint density at radius 2 is 1.91 bits per heavy atom. The molecule has 0 saturated heterocycles. The number of rotatable bonds is 2. The van der Waals surface area contributed by atoms with Gasteiger partial charge in [0.2, 0.25) is 0 Å². The van der Waals surface area contributed by atoms with E-state index in [4.69, 9.17) is 11.5 Å². The summed E-state index contributed by atoms with van der Waals surface area (Å²) in [6.45, 7) is 0. The fraction of sp³-hybridized carbons (Fsp3) is 0.714. The van der Waals surface area contributed by atoms with Crippen LogP contribution in [-0.4, -0.2) is 12.1 Å². The smallest absolute Gasteiger partial charge is 0.251 e. The predicted octanol–water partition coefficient (Wildman–Crippen LogP) is -0.548. The first kappa shape index (κ1) is 8.49. The molecular formula is C7H14N3O. The van der Waals surface area contributed by atoms with Gasteiger partial charge in [0, 0.05) is 0 Å². The maximum atomic E-state index is 10.9. The van der Waals surface area contributed by atoms with Crippen molar-refractivity contribution in [3.05, 3.63) is 6.04 Å².